The highest BCUT2D eigenvalue weighted by atomic mass is 19.4. The summed E-state index contributed by atoms with van der Waals surface area (Å²) in [6.07, 6.45) is -4.63. The van der Waals surface area contributed by atoms with E-state index in [4.69, 9.17) is 4.74 Å². The van der Waals surface area contributed by atoms with Crippen molar-refractivity contribution in [2.24, 2.45) is 0 Å². The van der Waals surface area contributed by atoms with Crippen LogP contribution in [-0.4, -0.2) is 19.0 Å². The lowest BCUT2D eigenvalue weighted by Crippen LogP contribution is -2.22. The zero-order chi connectivity index (χ0) is 22.4. The second-order valence-electron chi connectivity index (χ2n) is 6.36. The average molecular weight is 429 g/mol. The van der Waals surface area contributed by atoms with Gasteiger partial charge in [0.15, 0.2) is 0 Å². The number of para-hydroxylation sites is 2. The molecule has 0 fully saturated rings. The lowest BCUT2D eigenvalue weighted by atomic mass is 10.1. The molecule has 6 nitrogen and oxygen atoms in total. The van der Waals surface area contributed by atoms with Crippen LogP contribution >= 0.6 is 0 Å². The molecule has 9 heteroatoms. The van der Waals surface area contributed by atoms with Gasteiger partial charge in [-0.1, -0.05) is 30.3 Å². The van der Waals surface area contributed by atoms with E-state index in [0.717, 1.165) is 12.1 Å². The van der Waals surface area contributed by atoms with Gasteiger partial charge in [0.2, 0.25) is 0 Å². The summed E-state index contributed by atoms with van der Waals surface area (Å²) in [6.45, 7) is 0. The van der Waals surface area contributed by atoms with Crippen LogP contribution in [0.3, 0.4) is 0 Å². The summed E-state index contributed by atoms with van der Waals surface area (Å²) in [4.78, 5) is 24.8. The number of hydrogen-bond donors (Lipinski definition) is 3. The van der Waals surface area contributed by atoms with E-state index in [1.54, 1.807) is 30.3 Å². The molecule has 3 aromatic rings. The predicted molar refractivity (Wildman–Crippen MR) is 111 cm³/mol. The first-order chi connectivity index (χ1) is 14.8. The Morgan fingerprint density at radius 2 is 1.45 bits per heavy atom. The minimum atomic E-state index is -4.63. The zero-order valence-electron chi connectivity index (χ0n) is 16.3. The largest absolute Gasteiger partial charge is 0.495 e. The van der Waals surface area contributed by atoms with E-state index in [0.29, 0.717) is 5.69 Å². The topological polar surface area (TPSA) is 79.5 Å². The maximum atomic E-state index is 13.1. The van der Waals surface area contributed by atoms with Gasteiger partial charge in [-0.15, -0.1) is 0 Å². The third kappa shape index (κ3) is 5.53. The number of ether oxygens (including phenoxy) is 1. The van der Waals surface area contributed by atoms with Crippen LogP contribution < -0.4 is 20.7 Å². The Hall–Kier alpha value is -4.01. The van der Waals surface area contributed by atoms with Gasteiger partial charge in [0, 0.05) is 11.3 Å². The van der Waals surface area contributed by atoms with Crippen LogP contribution in [0.5, 0.6) is 5.75 Å². The summed E-state index contributed by atoms with van der Waals surface area (Å²) in [5.41, 5.74) is -0.460. The molecule has 3 N–H and O–H groups in total. The van der Waals surface area contributed by atoms with Crippen molar-refractivity contribution in [2.45, 2.75) is 6.18 Å². The Labute approximate surface area is 176 Å². The number of benzene rings is 3. The van der Waals surface area contributed by atoms with E-state index in [1.165, 1.54) is 37.4 Å². The van der Waals surface area contributed by atoms with Crippen molar-refractivity contribution in [1.29, 1.82) is 0 Å². The molecule has 160 valence electrons. The minimum Gasteiger partial charge on any atom is -0.495 e. The number of amides is 3. The first-order valence-electron chi connectivity index (χ1n) is 9.06. The van der Waals surface area contributed by atoms with Crippen molar-refractivity contribution in [1.82, 2.24) is 0 Å². The smallest absolute Gasteiger partial charge is 0.418 e. The Morgan fingerprint density at radius 3 is 2.13 bits per heavy atom. The number of rotatable bonds is 5. The highest BCUT2D eigenvalue weighted by Gasteiger charge is 2.33. The van der Waals surface area contributed by atoms with Crippen LogP contribution in [0.2, 0.25) is 0 Å². The third-order valence-electron chi connectivity index (χ3n) is 4.22. The fourth-order valence-corrected chi connectivity index (χ4v) is 2.79. The number of methoxy groups -OCH3 is 1. The number of alkyl halides is 3. The molecule has 0 aliphatic rings. The van der Waals surface area contributed by atoms with Gasteiger partial charge in [0.05, 0.1) is 24.0 Å². The van der Waals surface area contributed by atoms with Crippen LogP contribution in [0.1, 0.15) is 15.9 Å². The Balaban J connectivity index is 1.79. The van der Waals surface area contributed by atoms with Gasteiger partial charge in [0.1, 0.15) is 5.75 Å². The molecule has 3 rings (SSSR count). The maximum Gasteiger partial charge on any atom is 0.418 e. The van der Waals surface area contributed by atoms with E-state index < -0.39 is 29.4 Å². The zero-order valence-corrected chi connectivity index (χ0v) is 16.3. The number of anilines is 3. The summed E-state index contributed by atoms with van der Waals surface area (Å²) in [6, 6.07) is 16.8. The molecule has 0 bridgehead atoms. The lowest BCUT2D eigenvalue weighted by Gasteiger charge is -2.15. The van der Waals surface area contributed by atoms with E-state index in [1.807, 2.05) is 0 Å². The van der Waals surface area contributed by atoms with Gasteiger partial charge in [-0.25, -0.2) is 4.79 Å². The SMILES string of the molecule is COc1ccc(C(=O)Nc2ccccc2)cc1NC(=O)Nc1ccccc1C(F)(F)F. The average Bonchev–Trinajstić information content (AvgIpc) is 2.74. The second kappa shape index (κ2) is 9.21. The van der Waals surface area contributed by atoms with E-state index in [2.05, 4.69) is 16.0 Å². The number of carbonyl (C=O) groups excluding carboxylic acids is 2. The molecular formula is C22H18F3N3O3. The van der Waals surface area contributed by atoms with Gasteiger partial charge in [-0.2, -0.15) is 13.2 Å². The Bertz CT molecular complexity index is 1090. The van der Waals surface area contributed by atoms with Gasteiger partial charge in [-0.05, 0) is 42.5 Å². The molecule has 31 heavy (non-hydrogen) atoms. The minimum absolute atomic E-state index is 0.116. The first-order valence-corrected chi connectivity index (χ1v) is 9.06. The van der Waals surface area contributed by atoms with Crippen molar-refractivity contribution < 1.29 is 27.5 Å². The maximum absolute atomic E-state index is 13.1. The van der Waals surface area contributed by atoms with E-state index in [-0.39, 0.29) is 17.0 Å². The molecule has 0 atom stereocenters. The normalized spacial score (nSPS) is 10.8. The van der Waals surface area contributed by atoms with E-state index >= 15 is 0 Å². The van der Waals surface area contributed by atoms with Gasteiger partial charge >= 0.3 is 12.2 Å². The predicted octanol–water partition coefficient (Wildman–Crippen LogP) is 5.61. The molecule has 0 aromatic heterocycles. The van der Waals surface area contributed by atoms with Crippen molar-refractivity contribution in [3.8, 4) is 5.75 Å². The summed E-state index contributed by atoms with van der Waals surface area (Å²) >= 11 is 0. The summed E-state index contributed by atoms with van der Waals surface area (Å²) in [5.74, 6) is -0.199. The molecule has 3 aromatic carbocycles. The van der Waals surface area contributed by atoms with Crippen LogP contribution in [0.25, 0.3) is 0 Å². The molecular weight excluding hydrogens is 411 g/mol. The molecule has 0 unspecified atom stereocenters. The molecule has 0 aliphatic carbocycles. The van der Waals surface area contributed by atoms with Crippen LogP contribution in [0, 0.1) is 0 Å². The highest BCUT2D eigenvalue weighted by molar-refractivity contribution is 6.06. The summed E-state index contributed by atoms with van der Waals surface area (Å²) in [7, 11) is 1.36. The number of carbonyl (C=O) groups is 2. The molecule has 0 heterocycles. The van der Waals surface area contributed by atoms with E-state index in [9.17, 15) is 22.8 Å². The van der Waals surface area contributed by atoms with Crippen LogP contribution in [0.4, 0.5) is 35.0 Å². The summed E-state index contributed by atoms with van der Waals surface area (Å²) in [5, 5.41) is 7.31. The van der Waals surface area contributed by atoms with Crippen molar-refractivity contribution in [3.63, 3.8) is 0 Å². The fraction of sp³-hybridized carbons (Fsp3) is 0.0909. The Morgan fingerprint density at radius 1 is 0.806 bits per heavy atom. The molecule has 0 radical (unpaired) electrons. The second-order valence-corrected chi connectivity index (χ2v) is 6.36. The lowest BCUT2D eigenvalue weighted by molar-refractivity contribution is -0.136. The molecule has 0 saturated heterocycles. The van der Waals surface area contributed by atoms with Crippen molar-refractivity contribution >= 4 is 29.0 Å². The van der Waals surface area contributed by atoms with Crippen LogP contribution in [-0.2, 0) is 6.18 Å². The van der Waals surface area contributed by atoms with Crippen molar-refractivity contribution in [3.05, 3.63) is 83.9 Å². The van der Waals surface area contributed by atoms with Gasteiger partial charge in [0.25, 0.3) is 5.91 Å². The van der Waals surface area contributed by atoms with Gasteiger partial charge in [-0.3, -0.25) is 4.79 Å². The summed E-state index contributed by atoms with van der Waals surface area (Å²) < 4.78 is 44.6. The van der Waals surface area contributed by atoms with Crippen molar-refractivity contribution in [2.75, 3.05) is 23.1 Å². The quantitative estimate of drug-likeness (QED) is 0.493. The molecule has 3 amide bonds. The number of hydrogen-bond acceptors (Lipinski definition) is 3. The fourth-order valence-electron chi connectivity index (χ4n) is 2.79. The van der Waals surface area contributed by atoms with Crippen LogP contribution in [0.15, 0.2) is 72.8 Å². The number of urea groups is 1. The third-order valence-corrected chi connectivity index (χ3v) is 4.22. The monoisotopic (exact) mass is 429 g/mol. The standard InChI is InChI=1S/C22H18F3N3O3/c1-31-19-12-11-14(20(29)26-15-7-3-2-4-8-15)13-18(19)28-21(30)27-17-10-6-5-9-16(17)22(23,24)25/h2-13H,1H3,(H,26,29)(H2,27,28,30). The number of nitrogens with one attached hydrogen (secondary N) is 3. The first kappa shape index (κ1) is 21.7. The number of halogens is 3. The highest BCUT2D eigenvalue weighted by Crippen LogP contribution is 2.34. The molecule has 0 spiro atoms. The van der Waals surface area contributed by atoms with Gasteiger partial charge < -0.3 is 20.7 Å². The molecule has 0 aliphatic heterocycles. The molecule has 0 saturated carbocycles. The Kier molecular flexibility index (Phi) is 6.44.